The van der Waals surface area contributed by atoms with Crippen LogP contribution in [-0.2, 0) is 6.42 Å². The number of nitrogens with zero attached hydrogens (tertiary/aromatic N) is 1. The van der Waals surface area contributed by atoms with Gasteiger partial charge >= 0.3 is 0 Å². The molecule has 1 aromatic rings. The molecule has 1 fully saturated rings. The van der Waals surface area contributed by atoms with Crippen LogP contribution in [0.2, 0.25) is 0 Å². The molecule has 0 radical (unpaired) electrons. The van der Waals surface area contributed by atoms with Crippen molar-refractivity contribution in [2.45, 2.75) is 25.8 Å². The maximum absolute atomic E-state index is 5.72. The summed E-state index contributed by atoms with van der Waals surface area (Å²) < 4.78 is 0. The van der Waals surface area contributed by atoms with E-state index in [1.54, 1.807) is 0 Å². The lowest BCUT2D eigenvalue weighted by Gasteiger charge is -2.24. The van der Waals surface area contributed by atoms with Gasteiger partial charge in [0.1, 0.15) is 0 Å². The molecule has 2 rings (SSSR count). The van der Waals surface area contributed by atoms with Crippen LogP contribution in [0.15, 0.2) is 30.3 Å². The minimum Gasteiger partial charge on any atom is -0.330 e. The average Bonchev–Trinajstić information content (AvgIpc) is 2.79. The van der Waals surface area contributed by atoms with Crippen molar-refractivity contribution >= 4 is 0 Å². The quantitative estimate of drug-likeness (QED) is 0.836. The number of benzene rings is 1. The lowest BCUT2D eigenvalue weighted by Crippen LogP contribution is -2.33. The normalized spacial score (nSPS) is 23.5. The highest BCUT2D eigenvalue weighted by atomic mass is 15.2. The summed E-state index contributed by atoms with van der Waals surface area (Å²) in [5, 5.41) is 0. The molecule has 2 heteroatoms. The zero-order chi connectivity index (χ0) is 11.4. The SMILES string of the molecule is CC(Cc1ccccc1)N1CCC(CN)C1. The van der Waals surface area contributed by atoms with Gasteiger partial charge in [-0.15, -0.1) is 0 Å². The van der Waals surface area contributed by atoms with Crippen LogP contribution >= 0.6 is 0 Å². The molecule has 88 valence electrons. The first kappa shape index (κ1) is 11.6. The van der Waals surface area contributed by atoms with E-state index >= 15 is 0 Å². The summed E-state index contributed by atoms with van der Waals surface area (Å²) in [4.78, 5) is 2.57. The van der Waals surface area contributed by atoms with Gasteiger partial charge in [0.15, 0.2) is 0 Å². The largest absolute Gasteiger partial charge is 0.330 e. The van der Waals surface area contributed by atoms with Crippen molar-refractivity contribution in [1.29, 1.82) is 0 Å². The molecule has 0 bridgehead atoms. The molecule has 1 heterocycles. The molecule has 0 amide bonds. The summed E-state index contributed by atoms with van der Waals surface area (Å²) in [5.74, 6) is 0.721. The Kier molecular flexibility index (Phi) is 3.97. The van der Waals surface area contributed by atoms with Crippen molar-refractivity contribution in [1.82, 2.24) is 4.90 Å². The third-order valence-electron chi connectivity index (χ3n) is 3.65. The predicted molar refractivity (Wildman–Crippen MR) is 68.3 cm³/mol. The summed E-state index contributed by atoms with van der Waals surface area (Å²) >= 11 is 0. The lowest BCUT2D eigenvalue weighted by atomic mass is 10.1. The van der Waals surface area contributed by atoms with Crippen molar-refractivity contribution in [3.05, 3.63) is 35.9 Å². The Morgan fingerprint density at radius 1 is 1.38 bits per heavy atom. The molecule has 0 saturated carbocycles. The van der Waals surface area contributed by atoms with Gasteiger partial charge in [0.05, 0.1) is 0 Å². The number of hydrogen-bond donors (Lipinski definition) is 1. The van der Waals surface area contributed by atoms with E-state index in [0.29, 0.717) is 6.04 Å². The van der Waals surface area contributed by atoms with Gasteiger partial charge < -0.3 is 5.73 Å². The molecule has 1 aliphatic heterocycles. The number of likely N-dealkylation sites (tertiary alicyclic amines) is 1. The fourth-order valence-electron chi connectivity index (χ4n) is 2.54. The molecule has 0 spiro atoms. The van der Waals surface area contributed by atoms with Gasteiger partial charge in [0.25, 0.3) is 0 Å². The van der Waals surface area contributed by atoms with Crippen LogP contribution in [0.3, 0.4) is 0 Å². The van der Waals surface area contributed by atoms with Crippen molar-refractivity contribution < 1.29 is 0 Å². The second-order valence-electron chi connectivity index (χ2n) is 4.92. The molecule has 2 N–H and O–H groups in total. The first-order chi connectivity index (χ1) is 7.79. The maximum Gasteiger partial charge on any atom is 0.0107 e. The van der Waals surface area contributed by atoms with Crippen molar-refractivity contribution in [2.75, 3.05) is 19.6 Å². The smallest absolute Gasteiger partial charge is 0.0107 e. The van der Waals surface area contributed by atoms with E-state index in [4.69, 9.17) is 5.73 Å². The van der Waals surface area contributed by atoms with E-state index in [1.165, 1.54) is 25.1 Å². The third-order valence-corrected chi connectivity index (χ3v) is 3.65. The van der Waals surface area contributed by atoms with Crippen LogP contribution in [-0.4, -0.2) is 30.6 Å². The zero-order valence-corrected chi connectivity index (χ0v) is 10.1. The van der Waals surface area contributed by atoms with Gasteiger partial charge in [0, 0.05) is 12.6 Å². The van der Waals surface area contributed by atoms with Gasteiger partial charge in [-0.25, -0.2) is 0 Å². The molecule has 1 aliphatic rings. The number of rotatable bonds is 4. The molecule has 2 unspecified atom stereocenters. The minimum absolute atomic E-state index is 0.638. The molecule has 16 heavy (non-hydrogen) atoms. The number of hydrogen-bond acceptors (Lipinski definition) is 2. The Morgan fingerprint density at radius 3 is 2.75 bits per heavy atom. The van der Waals surface area contributed by atoms with Crippen molar-refractivity contribution in [3.8, 4) is 0 Å². The third kappa shape index (κ3) is 2.83. The van der Waals surface area contributed by atoms with Crippen LogP contribution in [0.25, 0.3) is 0 Å². The minimum atomic E-state index is 0.638. The summed E-state index contributed by atoms with van der Waals surface area (Å²) in [7, 11) is 0. The summed E-state index contributed by atoms with van der Waals surface area (Å²) in [6.07, 6.45) is 2.42. The molecular formula is C14H22N2. The molecular weight excluding hydrogens is 196 g/mol. The standard InChI is InChI=1S/C14H22N2/c1-12(9-13-5-3-2-4-6-13)16-8-7-14(10-15)11-16/h2-6,12,14H,7-11,15H2,1H3. The van der Waals surface area contributed by atoms with E-state index in [9.17, 15) is 0 Å². The van der Waals surface area contributed by atoms with Crippen molar-refractivity contribution in [2.24, 2.45) is 11.7 Å². The van der Waals surface area contributed by atoms with Gasteiger partial charge in [-0.3, -0.25) is 4.90 Å². The summed E-state index contributed by atoms with van der Waals surface area (Å²) in [5.41, 5.74) is 7.16. The van der Waals surface area contributed by atoms with Gasteiger partial charge in [-0.2, -0.15) is 0 Å². The van der Waals surface area contributed by atoms with E-state index in [2.05, 4.69) is 42.2 Å². The van der Waals surface area contributed by atoms with Gasteiger partial charge in [-0.05, 0) is 44.3 Å². The first-order valence-electron chi connectivity index (χ1n) is 6.27. The lowest BCUT2D eigenvalue weighted by molar-refractivity contribution is 0.248. The second-order valence-corrected chi connectivity index (χ2v) is 4.92. The fraction of sp³-hybridized carbons (Fsp3) is 0.571. The van der Waals surface area contributed by atoms with Crippen LogP contribution in [0, 0.1) is 5.92 Å². The Balaban J connectivity index is 1.87. The highest BCUT2D eigenvalue weighted by Gasteiger charge is 2.24. The second kappa shape index (κ2) is 5.46. The molecule has 1 saturated heterocycles. The van der Waals surface area contributed by atoms with E-state index in [0.717, 1.165) is 18.9 Å². The monoisotopic (exact) mass is 218 g/mol. The van der Waals surface area contributed by atoms with Gasteiger partial charge in [-0.1, -0.05) is 30.3 Å². The van der Waals surface area contributed by atoms with E-state index in [1.807, 2.05) is 0 Å². The van der Waals surface area contributed by atoms with E-state index < -0.39 is 0 Å². The van der Waals surface area contributed by atoms with E-state index in [-0.39, 0.29) is 0 Å². The summed E-state index contributed by atoms with van der Waals surface area (Å²) in [6, 6.07) is 11.4. The van der Waals surface area contributed by atoms with Crippen LogP contribution in [0.4, 0.5) is 0 Å². The molecule has 1 aromatic carbocycles. The fourth-order valence-corrected chi connectivity index (χ4v) is 2.54. The topological polar surface area (TPSA) is 29.3 Å². The molecule has 0 aromatic heterocycles. The molecule has 2 atom stereocenters. The van der Waals surface area contributed by atoms with Gasteiger partial charge in [0.2, 0.25) is 0 Å². The predicted octanol–water partition coefficient (Wildman–Crippen LogP) is 1.90. The highest BCUT2D eigenvalue weighted by Crippen LogP contribution is 2.19. The Labute approximate surface area is 98.4 Å². The number of nitrogens with two attached hydrogens (primary N) is 1. The Morgan fingerprint density at radius 2 is 2.12 bits per heavy atom. The van der Waals surface area contributed by atoms with Crippen molar-refractivity contribution in [3.63, 3.8) is 0 Å². The summed E-state index contributed by atoms with van der Waals surface area (Å²) in [6.45, 7) is 5.57. The molecule has 0 aliphatic carbocycles. The first-order valence-corrected chi connectivity index (χ1v) is 6.27. The average molecular weight is 218 g/mol. The highest BCUT2D eigenvalue weighted by molar-refractivity contribution is 5.15. The van der Waals surface area contributed by atoms with Crippen LogP contribution in [0.5, 0.6) is 0 Å². The maximum atomic E-state index is 5.72. The Hall–Kier alpha value is -0.860. The zero-order valence-electron chi connectivity index (χ0n) is 10.1. The Bertz CT molecular complexity index is 310. The van der Waals surface area contributed by atoms with Crippen LogP contribution in [0.1, 0.15) is 18.9 Å². The van der Waals surface area contributed by atoms with Crippen LogP contribution < -0.4 is 5.73 Å². The molecule has 2 nitrogen and oxygen atoms in total.